The van der Waals surface area contributed by atoms with Crippen LogP contribution in [0.3, 0.4) is 0 Å². The number of nitrogens with zero attached hydrogens (tertiary/aromatic N) is 3. The second kappa shape index (κ2) is 7.12. The van der Waals surface area contributed by atoms with Gasteiger partial charge in [-0.25, -0.2) is 0 Å². The van der Waals surface area contributed by atoms with Crippen molar-refractivity contribution >= 4 is 17.6 Å². The summed E-state index contributed by atoms with van der Waals surface area (Å²) in [6, 6.07) is 0. The molecule has 0 saturated carbocycles. The van der Waals surface area contributed by atoms with E-state index in [4.69, 9.17) is 10.9 Å². The second-order valence-corrected chi connectivity index (χ2v) is 5.43. The third-order valence-electron chi connectivity index (χ3n) is 3.62. The van der Waals surface area contributed by atoms with E-state index in [0.717, 1.165) is 6.42 Å². The van der Waals surface area contributed by atoms with Gasteiger partial charge in [0, 0.05) is 33.1 Å². The van der Waals surface area contributed by atoms with Gasteiger partial charge >= 0.3 is 0 Å². The van der Waals surface area contributed by atoms with Gasteiger partial charge in [0.2, 0.25) is 11.8 Å². The first kappa shape index (κ1) is 16.3. The predicted molar refractivity (Wildman–Crippen MR) is 75.2 cm³/mol. The van der Waals surface area contributed by atoms with Crippen LogP contribution in [0.5, 0.6) is 0 Å². The first-order valence-electron chi connectivity index (χ1n) is 6.90. The molecule has 2 amide bonds. The molecular weight excluding hydrogens is 260 g/mol. The number of hydrogen-bond donors (Lipinski definition) is 2. The molecule has 0 radical (unpaired) electrons. The van der Waals surface area contributed by atoms with E-state index >= 15 is 0 Å². The second-order valence-electron chi connectivity index (χ2n) is 5.43. The molecule has 1 unspecified atom stereocenters. The molecule has 3 N–H and O–H groups in total. The Kier molecular flexibility index (Phi) is 5.79. The van der Waals surface area contributed by atoms with Crippen molar-refractivity contribution in [3.05, 3.63) is 0 Å². The van der Waals surface area contributed by atoms with Gasteiger partial charge in [-0.1, -0.05) is 19.0 Å². The van der Waals surface area contributed by atoms with Crippen molar-refractivity contribution < 1.29 is 14.8 Å². The molecule has 0 spiro atoms. The lowest BCUT2D eigenvalue weighted by atomic mass is 9.93. The standard InChI is InChI=1S/C13H24N4O3/c1-9(2)11(12(14)15-20)13(19)17-6-4-5-16(7-8-17)10(3)18/h9,11,20H,4-8H2,1-3H3,(H2,14,15). The fourth-order valence-electron chi connectivity index (χ4n) is 2.46. The van der Waals surface area contributed by atoms with Gasteiger partial charge in [-0.15, -0.1) is 0 Å². The Hall–Kier alpha value is -1.79. The maximum Gasteiger partial charge on any atom is 0.233 e. The van der Waals surface area contributed by atoms with Gasteiger partial charge in [-0.2, -0.15) is 0 Å². The highest BCUT2D eigenvalue weighted by Gasteiger charge is 2.31. The molecule has 1 heterocycles. The van der Waals surface area contributed by atoms with E-state index in [1.165, 1.54) is 6.92 Å². The van der Waals surface area contributed by atoms with Crippen LogP contribution in [0.15, 0.2) is 5.16 Å². The van der Waals surface area contributed by atoms with Crippen molar-refractivity contribution in [3.8, 4) is 0 Å². The number of amides is 2. The molecule has 1 saturated heterocycles. The SMILES string of the molecule is CC(=O)N1CCCN(C(=O)C(C(N)=NO)C(C)C)CC1. The fraction of sp³-hybridized carbons (Fsp3) is 0.769. The summed E-state index contributed by atoms with van der Waals surface area (Å²) in [4.78, 5) is 27.3. The Balaban J connectivity index is 2.78. The highest BCUT2D eigenvalue weighted by atomic mass is 16.4. The number of oxime groups is 1. The molecule has 0 aromatic rings. The molecule has 114 valence electrons. The number of carbonyl (C=O) groups is 2. The molecule has 7 heteroatoms. The first-order chi connectivity index (χ1) is 9.38. The van der Waals surface area contributed by atoms with Crippen LogP contribution in [-0.4, -0.2) is 58.8 Å². The Labute approximate surface area is 119 Å². The third-order valence-corrected chi connectivity index (χ3v) is 3.62. The van der Waals surface area contributed by atoms with E-state index in [-0.39, 0.29) is 23.6 Å². The van der Waals surface area contributed by atoms with Crippen LogP contribution in [0, 0.1) is 11.8 Å². The zero-order valence-electron chi connectivity index (χ0n) is 12.4. The molecule has 0 bridgehead atoms. The van der Waals surface area contributed by atoms with Crippen LogP contribution in [0.1, 0.15) is 27.2 Å². The summed E-state index contributed by atoms with van der Waals surface area (Å²) >= 11 is 0. The first-order valence-corrected chi connectivity index (χ1v) is 6.90. The van der Waals surface area contributed by atoms with Crippen LogP contribution in [0.25, 0.3) is 0 Å². The fourth-order valence-corrected chi connectivity index (χ4v) is 2.46. The molecule has 0 aromatic carbocycles. The minimum Gasteiger partial charge on any atom is -0.409 e. The van der Waals surface area contributed by atoms with Crippen molar-refractivity contribution in [1.82, 2.24) is 9.80 Å². The van der Waals surface area contributed by atoms with Crippen molar-refractivity contribution in [2.45, 2.75) is 27.2 Å². The lowest BCUT2D eigenvalue weighted by Crippen LogP contribution is -2.45. The normalized spacial score (nSPS) is 18.9. The zero-order valence-corrected chi connectivity index (χ0v) is 12.4. The minimum atomic E-state index is -0.621. The Morgan fingerprint density at radius 2 is 1.70 bits per heavy atom. The summed E-state index contributed by atoms with van der Waals surface area (Å²) in [6.45, 7) is 7.52. The number of hydrogen-bond acceptors (Lipinski definition) is 4. The van der Waals surface area contributed by atoms with Crippen LogP contribution in [-0.2, 0) is 9.59 Å². The van der Waals surface area contributed by atoms with Crippen LogP contribution in [0.4, 0.5) is 0 Å². The Morgan fingerprint density at radius 3 is 2.20 bits per heavy atom. The number of carbonyl (C=O) groups excluding carboxylic acids is 2. The van der Waals surface area contributed by atoms with Crippen molar-refractivity contribution in [2.24, 2.45) is 22.7 Å². The highest BCUT2D eigenvalue weighted by Crippen LogP contribution is 2.16. The lowest BCUT2D eigenvalue weighted by molar-refractivity contribution is -0.135. The Bertz CT molecular complexity index is 395. The zero-order chi connectivity index (χ0) is 15.3. The van der Waals surface area contributed by atoms with E-state index in [0.29, 0.717) is 26.2 Å². The van der Waals surface area contributed by atoms with Crippen LogP contribution in [0.2, 0.25) is 0 Å². The van der Waals surface area contributed by atoms with Crippen LogP contribution >= 0.6 is 0 Å². The van der Waals surface area contributed by atoms with Crippen LogP contribution < -0.4 is 5.73 Å². The third kappa shape index (κ3) is 3.85. The van der Waals surface area contributed by atoms with Crippen molar-refractivity contribution in [3.63, 3.8) is 0 Å². The molecule has 0 aromatic heterocycles. The quantitative estimate of drug-likeness (QED) is 0.332. The topological polar surface area (TPSA) is 99.2 Å². The molecule has 1 fully saturated rings. The van der Waals surface area contributed by atoms with E-state index in [1.54, 1.807) is 9.80 Å². The summed E-state index contributed by atoms with van der Waals surface area (Å²) in [7, 11) is 0. The van der Waals surface area contributed by atoms with Crippen molar-refractivity contribution in [2.75, 3.05) is 26.2 Å². The van der Waals surface area contributed by atoms with Gasteiger partial charge in [0.1, 0.15) is 5.92 Å². The highest BCUT2D eigenvalue weighted by molar-refractivity contribution is 6.02. The molecular formula is C13H24N4O3. The maximum absolute atomic E-state index is 12.5. The van der Waals surface area contributed by atoms with Gasteiger partial charge in [-0.3, -0.25) is 9.59 Å². The summed E-state index contributed by atoms with van der Waals surface area (Å²) in [5, 5.41) is 11.8. The number of amidine groups is 1. The monoisotopic (exact) mass is 284 g/mol. The molecule has 0 aliphatic carbocycles. The van der Waals surface area contributed by atoms with Gasteiger partial charge in [0.05, 0.1) is 0 Å². The minimum absolute atomic E-state index is 0.0242. The largest absolute Gasteiger partial charge is 0.409 e. The van der Waals surface area contributed by atoms with E-state index < -0.39 is 5.92 Å². The molecule has 1 atom stereocenters. The summed E-state index contributed by atoms with van der Waals surface area (Å²) in [5.74, 6) is -0.844. The number of rotatable bonds is 3. The maximum atomic E-state index is 12.5. The van der Waals surface area contributed by atoms with E-state index in [2.05, 4.69) is 5.16 Å². The van der Waals surface area contributed by atoms with E-state index in [9.17, 15) is 9.59 Å². The predicted octanol–water partition coefficient (Wildman–Crippen LogP) is 0.0858. The molecule has 7 nitrogen and oxygen atoms in total. The smallest absolute Gasteiger partial charge is 0.233 e. The van der Waals surface area contributed by atoms with Gasteiger partial charge in [0.15, 0.2) is 5.84 Å². The van der Waals surface area contributed by atoms with Gasteiger partial charge in [-0.05, 0) is 12.3 Å². The average molecular weight is 284 g/mol. The molecule has 1 rings (SSSR count). The summed E-state index contributed by atoms with van der Waals surface area (Å²) < 4.78 is 0. The number of nitrogens with two attached hydrogens (primary N) is 1. The lowest BCUT2D eigenvalue weighted by Gasteiger charge is -2.27. The van der Waals surface area contributed by atoms with Gasteiger partial charge in [0.25, 0.3) is 0 Å². The summed E-state index contributed by atoms with van der Waals surface area (Å²) in [5.41, 5.74) is 5.63. The average Bonchev–Trinajstić information content (AvgIpc) is 2.63. The van der Waals surface area contributed by atoms with E-state index in [1.807, 2.05) is 13.8 Å². The summed E-state index contributed by atoms with van der Waals surface area (Å²) in [6.07, 6.45) is 0.742. The molecule has 20 heavy (non-hydrogen) atoms. The molecule has 1 aliphatic heterocycles. The van der Waals surface area contributed by atoms with Gasteiger partial charge < -0.3 is 20.7 Å². The van der Waals surface area contributed by atoms with Crippen molar-refractivity contribution in [1.29, 1.82) is 0 Å². The molecule has 1 aliphatic rings. The Morgan fingerprint density at radius 1 is 1.15 bits per heavy atom.